The van der Waals surface area contributed by atoms with Crippen molar-refractivity contribution < 1.29 is 4.18 Å². The molecule has 0 heterocycles. The van der Waals surface area contributed by atoms with Crippen molar-refractivity contribution in [3.05, 3.63) is 28.8 Å². The summed E-state index contributed by atoms with van der Waals surface area (Å²) in [5.74, 6) is 1.62. The van der Waals surface area contributed by atoms with Gasteiger partial charge < -0.3 is 4.18 Å². The summed E-state index contributed by atoms with van der Waals surface area (Å²) in [4.78, 5) is 1.31. The van der Waals surface area contributed by atoms with E-state index in [4.69, 9.17) is 4.18 Å². The van der Waals surface area contributed by atoms with Gasteiger partial charge >= 0.3 is 0 Å². The zero-order valence-corrected chi connectivity index (χ0v) is 15.5. The lowest BCUT2D eigenvalue weighted by Crippen LogP contribution is -2.02. The molecule has 0 amide bonds. The zero-order chi connectivity index (χ0) is 15.9. The van der Waals surface area contributed by atoms with E-state index in [2.05, 4.69) is 53.7 Å². The molecule has 1 aromatic carbocycles. The smallest absolute Gasteiger partial charge is 0.0508 e. The number of benzene rings is 1. The molecule has 0 aliphatic carbocycles. The van der Waals surface area contributed by atoms with Crippen LogP contribution in [0.15, 0.2) is 17.0 Å². The average molecular weight is 297 g/mol. The Morgan fingerprint density at radius 3 is 1.45 bits per heavy atom. The van der Waals surface area contributed by atoms with E-state index in [1.807, 2.05) is 13.8 Å². The molecule has 1 rings (SSSR count). The van der Waals surface area contributed by atoms with E-state index in [9.17, 15) is 0 Å². The monoisotopic (exact) mass is 296 g/mol. The largest absolute Gasteiger partial charge is 0.314 e. The molecular weight excluding hydrogens is 264 g/mol. The molecule has 0 radical (unpaired) electrons. The minimum absolute atomic E-state index is 0.527. The summed E-state index contributed by atoms with van der Waals surface area (Å²) in [7, 11) is 1.75. The Bertz CT molecular complexity index is 365. The highest BCUT2D eigenvalue weighted by molar-refractivity contribution is 7.94. The molecule has 0 saturated carbocycles. The Labute approximate surface area is 130 Å². The van der Waals surface area contributed by atoms with Gasteiger partial charge in [0.1, 0.15) is 0 Å². The minimum atomic E-state index is 0.527. The molecule has 0 N–H and O–H groups in total. The van der Waals surface area contributed by atoms with Gasteiger partial charge in [0.05, 0.1) is 7.11 Å². The highest BCUT2D eigenvalue weighted by Gasteiger charge is 2.17. The predicted molar refractivity (Wildman–Crippen MR) is 92.9 cm³/mol. The molecule has 0 unspecified atom stereocenters. The molecule has 0 aromatic heterocycles. The highest BCUT2D eigenvalue weighted by atomic mass is 32.2. The number of hydrogen-bond acceptors (Lipinski definition) is 2. The number of rotatable bonds is 5. The maximum absolute atomic E-state index is 5.33. The second kappa shape index (κ2) is 9.46. The Balaban J connectivity index is 0.00000172. The second-order valence-electron chi connectivity index (χ2n) is 5.74. The standard InChI is InChI=1S/C16H26OS.C2H6/c1-10(2)13-8-14(11(3)4)16(18-17-7)15(9-13)12(5)6;1-2/h8-12H,1-7H3;1-2H3. The summed E-state index contributed by atoms with van der Waals surface area (Å²) >= 11 is 1.51. The first-order chi connectivity index (χ1) is 9.38. The van der Waals surface area contributed by atoms with Crippen LogP contribution in [0, 0.1) is 0 Å². The van der Waals surface area contributed by atoms with E-state index < -0.39 is 0 Å². The Kier molecular flexibility index (Phi) is 9.24. The first-order valence-electron chi connectivity index (χ1n) is 7.76. The van der Waals surface area contributed by atoms with Gasteiger partial charge in [-0.1, -0.05) is 67.5 Å². The van der Waals surface area contributed by atoms with Crippen LogP contribution < -0.4 is 0 Å². The molecule has 0 fully saturated rings. The molecule has 2 heteroatoms. The van der Waals surface area contributed by atoms with Crippen LogP contribution in [0.4, 0.5) is 0 Å². The van der Waals surface area contributed by atoms with E-state index in [-0.39, 0.29) is 0 Å². The fraction of sp³-hybridized carbons (Fsp3) is 0.667. The van der Waals surface area contributed by atoms with Crippen LogP contribution in [-0.2, 0) is 4.18 Å². The Hall–Kier alpha value is -0.470. The third kappa shape index (κ3) is 5.14. The second-order valence-corrected chi connectivity index (χ2v) is 6.65. The van der Waals surface area contributed by atoms with E-state index in [1.54, 1.807) is 7.11 Å². The van der Waals surface area contributed by atoms with E-state index in [0.29, 0.717) is 17.8 Å². The van der Waals surface area contributed by atoms with Crippen molar-refractivity contribution in [1.29, 1.82) is 0 Å². The number of hydrogen-bond donors (Lipinski definition) is 0. The molecule has 20 heavy (non-hydrogen) atoms. The van der Waals surface area contributed by atoms with Crippen LogP contribution in [0.3, 0.4) is 0 Å². The summed E-state index contributed by atoms with van der Waals surface area (Å²) < 4.78 is 5.33. The van der Waals surface area contributed by atoms with Gasteiger partial charge in [0.25, 0.3) is 0 Å². The van der Waals surface area contributed by atoms with Crippen LogP contribution in [0.5, 0.6) is 0 Å². The van der Waals surface area contributed by atoms with Crippen LogP contribution in [-0.4, -0.2) is 7.11 Å². The quantitative estimate of drug-likeness (QED) is 0.557. The van der Waals surface area contributed by atoms with Gasteiger partial charge in [0, 0.05) is 16.9 Å². The molecule has 0 bridgehead atoms. The average Bonchev–Trinajstić information content (AvgIpc) is 2.40. The molecule has 1 aromatic rings. The SMILES string of the molecule is CC.COSc1c(C(C)C)cc(C(C)C)cc1C(C)C. The molecular formula is C18H32OS. The Morgan fingerprint density at radius 2 is 1.20 bits per heavy atom. The summed E-state index contributed by atoms with van der Waals surface area (Å²) in [5, 5.41) is 0. The summed E-state index contributed by atoms with van der Waals surface area (Å²) in [6.07, 6.45) is 0. The van der Waals surface area contributed by atoms with Crippen molar-refractivity contribution in [1.82, 2.24) is 0 Å². The molecule has 0 spiro atoms. The van der Waals surface area contributed by atoms with Gasteiger partial charge in [0.15, 0.2) is 0 Å². The lowest BCUT2D eigenvalue weighted by Gasteiger charge is -2.21. The fourth-order valence-corrected chi connectivity index (χ4v) is 3.02. The van der Waals surface area contributed by atoms with Crippen molar-refractivity contribution in [2.75, 3.05) is 7.11 Å². The van der Waals surface area contributed by atoms with E-state index in [0.717, 1.165) is 0 Å². The van der Waals surface area contributed by atoms with Gasteiger partial charge in [-0.05, 0) is 34.4 Å². The maximum Gasteiger partial charge on any atom is 0.0508 e. The van der Waals surface area contributed by atoms with Crippen molar-refractivity contribution >= 4 is 12.0 Å². The molecule has 0 aliphatic heterocycles. The summed E-state index contributed by atoms with van der Waals surface area (Å²) in [6, 6.07) is 4.70. The lowest BCUT2D eigenvalue weighted by molar-refractivity contribution is 0.488. The third-order valence-electron chi connectivity index (χ3n) is 3.25. The van der Waals surface area contributed by atoms with Gasteiger partial charge in [0.2, 0.25) is 0 Å². The zero-order valence-electron chi connectivity index (χ0n) is 14.7. The first kappa shape index (κ1) is 19.5. The van der Waals surface area contributed by atoms with Crippen LogP contribution in [0.25, 0.3) is 0 Å². The molecule has 0 atom stereocenters. The Morgan fingerprint density at radius 1 is 0.800 bits per heavy atom. The summed E-state index contributed by atoms with van der Waals surface area (Å²) in [6.45, 7) is 17.5. The van der Waals surface area contributed by atoms with Crippen LogP contribution in [0.1, 0.15) is 89.8 Å². The lowest BCUT2D eigenvalue weighted by atomic mass is 9.89. The van der Waals surface area contributed by atoms with Crippen molar-refractivity contribution in [3.63, 3.8) is 0 Å². The first-order valence-corrected chi connectivity index (χ1v) is 8.51. The van der Waals surface area contributed by atoms with Gasteiger partial charge in [-0.25, -0.2) is 0 Å². The molecule has 0 aliphatic rings. The molecule has 116 valence electrons. The fourth-order valence-electron chi connectivity index (χ4n) is 2.07. The molecule has 0 saturated heterocycles. The molecule has 1 nitrogen and oxygen atoms in total. The van der Waals surface area contributed by atoms with Crippen LogP contribution >= 0.6 is 12.0 Å². The van der Waals surface area contributed by atoms with Crippen molar-refractivity contribution in [3.8, 4) is 0 Å². The van der Waals surface area contributed by atoms with Crippen LogP contribution in [0.2, 0.25) is 0 Å². The topological polar surface area (TPSA) is 9.23 Å². The summed E-state index contributed by atoms with van der Waals surface area (Å²) in [5.41, 5.74) is 4.26. The van der Waals surface area contributed by atoms with E-state index in [1.165, 1.54) is 33.6 Å². The minimum Gasteiger partial charge on any atom is -0.314 e. The van der Waals surface area contributed by atoms with Crippen molar-refractivity contribution in [2.24, 2.45) is 0 Å². The normalized spacial score (nSPS) is 11.0. The third-order valence-corrected chi connectivity index (χ3v) is 4.05. The van der Waals surface area contributed by atoms with Gasteiger partial charge in [-0.3, -0.25) is 0 Å². The predicted octanol–water partition coefficient (Wildman–Crippen LogP) is 6.74. The van der Waals surface area contributed by atoms with Crippen molar-refractivity contribution in [2.45, 2.75) is 78.0 Å². The van der Waals surface area contributed by atoms with Gasteiger partial charge in [-0.2, -0.15) is 0 Å². The van der Waals surface area contributed by atoms with Gasteiger partial charge in [-0.15, -0.1) is 0 Å². The maximum atomic E-state index is 5.33. The van der Waals surface area contributed by atoms with E-state index >= 15 is 0 Å². The highest BCUT2D eigenvalue weighted by Crippen LogP contribution is 2.38.